The summed E-state index contributed by atoms with van der Waals surface area (Å²) in [6.07, 6.45) is 5.49. The average Bonchev–Trinajstić information content (AvgIpc) is 2.51. The van der Waals surface area contributed by atoms with Gasteiger partial charge in [-0.2, -0.15) is 0 Å². The first kappa shape index (κ1) is 35.6. The van der Waals surface area contributed by atoms with E-state index in [0.717, 1.165) is 38.5 Å². The molecule has 0 aromatic carbocycles. The molecule has 7 heteroatoms. The van der Waals surface area contributed by atoms with Crippen LogP contribution < -0.4 is 15.3 Å². The molecule has 0 aliphatic heterocycles. The molecule has 0 saturated heterocycles. The number of ketones is 1. The average molecular weight is 376 g/mol. The molecular formula is C18H37AlO6. The zero-order valence-corrected chi connectivity index (χ0v) is 18.0. The van der Waals surface area contributed by atoms with E-state index in [2.05, 4.69) is 4.74 Å². The van der Waals surface area contributed by atoms with Gasteiger partial charge in [-0.1, -0.05) is 59.3 Å². The number of rotatable bonds is 9. The van der Waals surface area contributed by atoms with Crippen molar-refractivity contribution in [3.8, 4) is 0 Å². The Labute approximate surface area is 165 Å². The zero-order chi connectivity index (χ0) is 19.6. The number of esters is 1. The molecule has 0 spiro atoms. The second-order valence-corrected chi connectivity index (χ2v) is 4.86. The number of hydrogen-bond acceptors (Lipinski definition) is 6. The molecule has 6 nitrogen and oxygen atoms in total. The van der Waals surface area contributed by atoms with E-state index in [4.69, 9.17) is 0 Å². The Balaban J connectivity index is -0.0000000733. The van der Waals surface area contributed by atoms with Gasteiger partial charge >= 0.3 is 23.3 Å². The van der Waals surface area contributed by atoms with Crippen LogP contribution in [0.25, 0.3) is 0 Å². The molecule has 25 heavy (non-hydrogen) atoms. The summed E-state index contributed by atoms with van der Waals surface area (Å²) in [6.45, 7) is 9.72. The van der Waals surface area contributed by atoms with Crippen LogP contribution in [0.3, 0.4) is 0 Å². The molecule has 0 aromatic rings. The van der Waals surface area contributed by atoms with Crippen LogP contribution in [-0.4, -0.2) is 55.5 Å². The third kappa shape index (κ3) is 69.4. The Hall–Kier alpha value is -0.448. The largest absolute Gasteiger partial charge is 3.00 e. The number of hydrogen-bond donors (Lipinski definition) is 0. The van der Waals surface area contributed by atoms with Crippen molar-refractivity contribution >= 4 is 29.1 Å². The standard InChI is InChI=1S/C6H10O3.3C4H9O.Al/c1-3-9-6(8)4-5(2)7;3*1-2-3-4-5;/h3-4H2,1-2H3;3*2-4H2,1H3;/q;3*-1;+3. The van der Waals surface area contributed by atoms with E-state index in [-0.39, 0.29) is 49.4 Å². The van der Waals surface area contributed by atoms with Gasteiger partial charge in [0.25, 0.3) is 0 Å². The van der Waals surface area contributed by atoms with E-state index in [1.54, 1.807) is 6.92 Å². The van der Waals surface area contributed by atoms with Crippen molar-refractivity contribution in [2.24, 2.45) is 0 Å². The van der Waals surface area contributed by atoms with Crippen LogP contribution in [0.1, 0.15) is 79.6 Å². The van der Waals surface area contributed by atoms with E-state index in [9.17, 15) is 24.9 Å². The molecule has 0 unspecified atom stereocenters. The van der Waals surface area contributed by atoms with Crippen molar-refractivity contribution < 1.29 is 29.6 Å². The molecule has 0 radical (unpaired) electrons. The van der Waals surface area contributed by atoms with Gasteiger partial charge in [0.1, 0.15) is 12.2 Å². The predicted octanol–water partition coefficient (Wildman–Crippen LogP) is 0.588. The quantitative estimate of drug-likeness (QED) is 0.331. The maximum Gasteiger partial charge on any atom is 3.00 e. The fourth-order valence-electron chi connectivity index (χ4n) is 0.848. The van der Waals surface area contributed by atoms with Crippen LogP contribution >= 0.6 is 0 Å². The Kier molecular flexibility index (Phi) is 55.4. The summed E-state index contributed by atoms with van der Waals surface area (Å²) in [5, 5.41) is 28.6. The van der Waals surface area contributed by atoms with Gasteiger partial charge in [-0.3, -0.25) is 9.59 Å². The van der Waals surface area contributed by atoms with Crippen molar-refractivity contribution in [3.63, 3.8) is 0 Å². The maximum atomic E-state index is 10.4. The smallest absolute Gasteiger partial charge is 0.854 e. The Bertz CT molecular complexity index is 217. The molecule has 0 bridgehead atoms. The summed E-state index contributed by atoms with van der Waals surface area (Å²) >= 11 is 0. The van der Waals surface area contributed by atoms with Crippen molar-refractivity contribution in [3.05, 3.63) is 0 Å². The molecular weight excluding hydrogens is 339 g/mol. The minimum atomic E-state index is -0.440. The van der Waals surface area contributed by atoms with Crippen molar-refractivity contribution in [1.82, 2.24) is 0 Å². The first-order chi connectivity index (χ1) is 11.4. The fraction of sp³-hybridized carbons (Fsp3) is 0.889. The molecule has 0 amide bonds. The Morgan fingerprint density at radius 2 is 1.08 bits per heavy atom. The van der Waals surface area contributed by atoms with Gasteiger partial charge in [-0.15, -0.1) is 19.8 Å². The SMILES string of the molecule is CCCC[O-].CCCC[O-].CCCC[O-].CCOC(=O)CC(C)=O.[Al+3]. The number of carbonyl (C=O) groups excluding carboxylic acids is 2. The van der Waals surface area contributed by atoms with Crippen LogP contribution in [0.5, 0.6) is 0 Å². The van der Waals surface area contributed by atoms with Gasteiger partial charge in [-0.25, -0.2) is 0 Å². The summed E-state index contributed by atoms with van der Waals surface area (Å²) in [5.41, 5.74) is 0. The Morgan fingerprint density at radius 1 is 0.760 bits per heavy atom. The van der Waals surface area contributed by atoms with Crippen LogP contribution in [-0.2, 0) is 14.3 Å². The summed E-state index contributed by atoms with van der Waals surface area (Å²) in [4.78, 5) is 20.6. The molecule has 148 valence electrons. The second kappa shape index (κ2) is 38.9. The van der Waals surface area contributed by atoms with E-state index < -0.39 is 5.97 Å². The van der Waals surface area contributed by atoms with Gasteiger partial charge in [0.05, 0.1) is 6.61 Å². The van der Waals surface area contributed by atoms with E-state index >= 15 is 0 Å². The maximum absolute atomic E-state index is 10.4. The third-order valence-electron chi connectivity index (χ3n) is 2.19. The molecule has 0 aromatic heterocycles. The van der Waals surface area contributed by atoms with Crippen molar-refractivity contribution in [1.29, 1.82) is 0 Å². The van der Waals surface area contributed by atoms with Crippen molar-refractivity contribution in [2.75, 3.05) is 26.4 Å². The predicted molar refractivity (Wildman–Crippen MR) is 97.0 cm³/mol. The minimum Gasteiger partial charge on any atom is -0.854 e. The van der Waals surface area contributed by atoms with Gasteiger partial charge in [-0.05, 0) is 13.8 Å². The van der Waals surface area contributed by atoms with E-state index in [1.807, 2.05) is 20.8 Å². The molecule has 0 aliphatic carbocycles. The van der Waals surface area contributed by atoms with Crippen molar-refractivity contribution in [2.45, 2.75) is 79.6 Å². The number of unbranched alkanes of at least 4 members (excludes halogenated alkanes) is 3. The van der Waals surface area contributed by atoms with Gasteiger partial charge in [0.15, 0.2) is 0 Å². The topological polar surface area (TPSA) is 113 Å². The monoisotopic (exact) mass is 376 g/mol. The Morgan fingerprint density at radius 3 is 1.20 bits per heavy atom. The molecule has 0 atom stereocenters. The first-order valence-electron chi connectivity index (χ1n) is 8.80. The molecule has 0 N–H and O–H groups in total. The zero-order valence-electron chi connectivity index (χ0n) is 16.8. The molecule has 0 heterocycles. The second-order valence-electron chi connectivity index (χ2n) is 4.86. The number of carbonyl (C=O) groups is 2. The normalized spacial score (nSPS) is 8.16. The van der Waals surface area contributed by atoms with Crippen LogP contribution in [0, 0.1) is 0 Å². The summed E-state index contributed by atoms with van der Waals surface area (Å²) < 4.78 is 4.49. The number of ether oxygens (including phenoxy) is 1. The number of Topliss-reactive ketones (excluding diaryl/α,β-unsaturated/α-hetero) is 1. The van der Waals surface area contributed by atoms with E-state index in [1.165, 1.54) is 6.92 Å². The van der Waals surface area contributed by atoms with Crippen LogP contribution in [0.15, 0.2) is 0 Å². The summed E-state index contributed by atoms with van der Waals surface area (Å²) in [6, 6.07) is 0. The molecule has 0 aliphatic rings. The first-order valence-corrected chi connectivity index (χ1v) is 8.80. The fourth-order valence-corrected chi connectivity index (χ4v) is 0.848. The van der Waals surface area contributed by atoms with Gasteiger partial charge in [0, 0.05) is 0 Å². The molecule has 0 rings (SSSR count). The third-order valence-corrected chi connectivity index (χ3v) is 2.19. The van der Waals surface area contributed by atoms with Crippen LogP contribution in [0.4, 0.5) is 0 Å². The minimum absolute atomic E-state index is 0. The van der Waals surface area contributed by atoms with Gasteiger partial charge in [0.2, 0.25) is 0 Å². The summed E-state index contributed by atoms with van der Waals surface area (Å²) in [5.74, 6) is -0.599. The van der Waals surface area contributed by atoms with Crippen LogP contribution in [0.2, 0.25) is 0 Å². The summed E-state index contributed by atoms with van der Waals surface area (Å²) in [7, 11) is 0. The van der Waals surface area contributed by atoms with Gasteiger partial charge < -0.3 is 20.1 Å². The van der Waals surface area contributed by atoms with E-state index in [0.29, 0.717) is 6.61 Å². The molecule has 0 saturated carbocycles. The molecule has 0 fully saturated rings.